The lowest BCUT2D eigenvalue weighted by molar-refractivity contribution is 0.0925. The second-order valence-electron chi connectivity index (χ2n) is 4.33. The first-order chi connectivity index (χ1) is 7.09. The van der Waals surface area contributed by atoms with Crippen LogP contribution in [0.25, 0.3) is 0 Å². The summed E-state index contributed by atoms with van der Waals surface area (Å²) < 4.78 is 0. The summed E-state index contributed by atoms with van der Waals surface area (Å²) in [6, 6.07) is 1.72. The third-order valence-electron chi connectivity index (χ3n) is 2.89. The molecule has 0 saturated heterocycles. The van der Waals surface area contributed by atoms with Gasteiger partial charge >= 0.3 is 0 Å². The van der Waals surface area contributed by atoms with Crippen molar-refractivity contribution in [3.63, 3.8) is 0 Å². The van der Waals surface area contributed by atoms with Crippen LogP contribution in [-0.4, -0.2) is 28.2 Å². The molecule has 4 N–H and O–H groups in total. The van der Waals surface area contributed by atoms with Gasteiger partial charge in [0.05, 0.1) is 0 Å². The molecule has 5 nitrogen and oxygen atoms in total. The monoisotopic (exact) mass is 208 g/mol. The Morgan fingerprint density at radius 1 is 1.73 bits per heavy atom. The number of hydrogen-bond acceptors (Lipinski definition) is 3. The van der Waals surface area contributed by atoms with Crippen molar-refractivity contribution in [1.29, 1.82) is 0 Å². The Bertz CT molecular complexity index is 367. The molecule has 82 valence electrons. The summed E-state index contributed by atoms with van der Waals surface area (Å²) in [4.78, 5) is 11.6. The molecule has 1 aliphatic rings. The highest BCUT2D eigenvalue weighted by Crippen LogP contribution is 2.28. The molecule has 1 aromatic rings. The number of rotatable bonds is 3. The minimum atomic E-state index is -0.180. The van der Waals surface area contributed by atoms with Crippen LogP contribution in [-0.2, 0) is 0 Å². The molecule has 1 aliphatic carbocycles. The van der Waals surface area contributed by atoms with Crippen LogP contribution in [0.2, 0.25) is 0 Å². The smallest absolute Gasteiger partial charge is 0.271 e. The Kier molecular flexibility index (Phi) is 2.48. The van der Waals surface area contributed by atoms with Crippen molar-refractivity contribution in [2.45, 2.75) is 31.7 Å². The van der Waals surface area contributed by atoms with E-state index in [1.807, 2.05) is 6.92 Å². The Morgan fingerprint density at radius 2 is 2.47 bits per heavy atom. The summed E-state index contributed by atoms with van der Waals surface area (Å²) >= 11 is 0. The minimum Gasteiger partial charge on any atom is -0.349 e. The highest BCUT2D eigenvalue weighted by atomic mass is 16.1. The number of carbonyl (C=O) groups is 1. The molecule has 1 saturated carbocycles. The van der Waals surface area contributed by atoms with E-state index in [1.165, 1.54) is 0 Å². The van der Waals surface area contributed by atoms with Crippen LogP contribution in [0.15, 0.2) is 6.07 Å². The van der Waals surface area contributed by atoms with E-state index in [-0.39, 0.29) is 11.4 Å². The van der Waals surface area contributed by atoms with E-state index in [0.717, 1.165) is 25.0 Å². The Morgan fingerprint density at radius 3 is 2.93 bits per heavy atom. The fourth-order valence-electron chi connectivity index (χ4n) is 1.69. The number of nitrogens with zero attached hydrogens (tertiary/aromatic N) is 1. The van der Waals surface area contributed by atoms with E-state index < -0.39 is 0 Å². The van der Waals surface area contributed by atoms with E-state index in [0.29, 0.717) is 12.2 Å². The molecule has 1 heterocycles. The zero-order valence-corrected chi connectivity index (χ0v) is 8.84. The first-order valence-corrected chi connectivity index (χ1v) is 5.18. The van der Waals surface area contributed by atoms with Crippen molar-refractivity contribution in [2.75, 3.05) is 6.54 Å². The minimum absolute atomic E-state index is 0.156. The van der Waals surface area contributed by atoms with Crippen molar-refractivity contribution >= 4 is 5.91 Å². The number of amides is 1. The number of H-pyrrole nitrogens is 1. The average Bonchev–Trinajstić information content (AvgIpc) is 2.58. The number of nitrogens with two attached hydrogens (primary N) is 1. The van der Waals surface area contributed by atoms with Crippen LogP contribution in [0.1, 0.15) is 35.4 Å². The maximum Gasteiger partial charge on any atom is 0.271 e. The summed E-state index contributed by atoms with van der Waals surface area (Å²) in [7, 11) is 0. The Hall–Kier alpha value is -1.36. The van der Waals surface area contributed by atoms with Gasteiger partial charge in [-0.1, -0.05) is 0 Å². The first-order valence-electron chi connectivity index (χ1n) is 5.18. The van der Waals surface area contributed by atoms with Gasteiger partial charge in [-0.15, -0.1) is 0 Å². The number of aromatic amines is 1. The number of hydrogen-bond donors (Lipinski definition) is 3. The zero-order chi connectivity index (χ0) is 10.9. The van der Waals surface area contributed by atoms with Gasteiger partial charge in [0.1, 0.15) is 5.69 Å². The summed E-state index contributed by atoms with van der Waals surface area (Å²) in [5, 5.41) is 9.42. The number of aromatic nitrogens is 2. The predicted octanol–water partition coefficient (Wildman–Crippen LogP) is 0.329. The zero-order valence-electron chi connectivity index (χ0n) is 8.84. The van der Waals surface area contributed by atoms with Gasteiger partial charge in [-0.25, -0.2) is 0 Å². The molecular weight excluding hydrogens is 192 g/mol. The van der Waals surface area contributed by atoms with Crippen LogP contribution < -0.4 is 11.1 Å². The second-order valence-corrected chi connectivity index (χ2v) is 4.33. The molecule has 0 aromatic carbocycles. The van der Waals surface area contributed by atoms with E-state index in [4.69, 9.17) is 5.73 Å². The highest BCUT2D eigenvalue weighted by molar-refractivity contribution is 5.92. The van der Waals surface area contributed by atoms with Gasteiger partial charge in [-0.3, -0.25) is 9.89 Å². The third kappa shape index (κ3) is 2.18. The number of carbonyl (C=O) groups excluding carboxylic acids is 1. The van der Waals surface area contributed by atoms with Crippen LogP contribution >= 0.6 is 0 Å². The number of aryl methyl sites for hydroxylation is 1. The molecule has 0 atom stereocenters. The molecule has 1 fully saturated rings. The highest BCUT2D eigenvalue weighted by Gasteiger charge is 2.32. The van der Waals surface area contributed by atoms with Crippen LogP contribution in [0.3, 0.4) is 0 Å². The molecule has 1 aromatic heterocycles. The Labute approximate surface area is 88.4 Å². The van der Waals surface area contributed by atoms with Gasteiger partial charge in [0, 0.05) is 17.8 Å². The standard InChI is InChI=1S/C10H16N4O/c1-7-5-8(14-13-7)9(15)12-6-10(11)3-2-4-10/h5H,2-4,6,11H2,1H3,(H,12,15)(H,13,14). The SMILES string of the molecule is Cc1cc(C(=O)NCC2(N)CCC2)n[nH]1. The molecule has 5 heteroatoms. The normalized spacial score (nSPS) is 18.3. The van der Waals surface area contributed by atoms with E-state index in [9.17, 15) is 4.79 Å². The summed E-state index contributed by atoms with van der Waals surface area (Å²) in [5.74, 6) is -0.156. The lowest BCUT2D eigenvalue weighted by Gasteiger charge is -2.37. The number of nitrogens with one attached hydrogen (secondary N) is 2. The van der Waals surface area contributed by atoms with Crippen molar-refractivity contribution in [3.05, 3.63) is 17.5 Å². The predicted molar refractivity (Wildman–Crippen MR) is 56.4 cm³/mol. The van der Waals surface area contributed by atoms with Gasteiger partial charge in [-0.2, -0.15) is 5.10 Å². The van der Waals surface area contributed by atoms with Crippen LogP contribution in [0, 0.1) is 6.92 Å². The largest absolute Gasteiger partial charge is 0.349 e. The molecule has 0 radical (unpaired) electrons. The summed E-state index contributed by atoms with van der Waals surface area (Å²) in [5.41, 5.74) is 7.12. The lowest BCUT2D eigenvalue weighted by atomic mass is 9.78. The van der Waals surface area contributed by atoms with Gasteiger partial charge in [0.2, 0.25) is 0 Å². The molecule has 0 spiro atoms. The fourth-order valence-corrected chi connectivity index (χ4v) is 1.69. The van der Waals surface area contributed by atoms with Crippen LogP contribution in [0.5, 0.6) is 0 Å². The van der Waals surface area contributed by atoms with Gasteiger partial charge < -0.3 is 11.1 Å². The Balaban J connectivity index is 1.87. The molecule has 0 bridgehead atoms. The van der Waals surface area contributed by atoms with Crippen molar-refractivity contribution in [3.8, 4) is 0 Å². The topological polar surface area (TPSA) is 83.8 Å². The maximum atomic E-state index is 11.6. The van der Waals surface area contributed by atoms with Crippen molar-refractivity contribution in [2.24, 2.45) is 5.73 Å². The van der Waals surface area contributed by atoms with Crippen molar-refractivity contribution < 1.29 is 4.79 Å². The van der Waals surface area contributed by atoms with E-state index >= 15 is 0 Å². The van der Waals surface area contributed by atoms with E-state index in [2.05, 4.69) is 15.5 Å². The molecule has 1 amide bonds. The first kappa shape index (κ1) is 10.2. The van der Waals surface area contributed by atoms with Gasteiger partial charge in [0.15, 0.2) is 0 Å². The summed E-state index contributed by atoms with van der Waals surface area (Å²) in [6.07, 6.45) is 3.15. The lowest BCUT2D eigenvalue weighted by Crippen LogP contribution is -2.54. The van der Waals surface area contributed by atoms with Crippen molar-refractivity contribution in [1.82, 2.24) is 15.5 Å². The van der Waals surface area contributed by atoms with Crippen LogP contribution in [0.4, 0.5) is 0 Å². The molecule has 15 heavy (non-hydrogen) atoms. The second kappa shape index (κ2) is 3.66. The molecule has 2 rings (SSSR count). The van der Waals surface area contributed by atoms with Gasteiger partial charge in [-0.05, 0) is 32.3 Å². The quantitative estimate of drug-likeness (QED) is 0.669. The van der Waals surface area contributed by atoms with E-state index in [1.54, 1.807) is 6.07 Å². The third-order valence-corrected chi connectivity index (χ3v) is 2.89. The maximum absolute atomic E-state index is 11.6. The molecule has 0 aliphatic heterocycles. The summed E-state index contributed by atoms with van der Waals surface area (Å²) in [6.45, 7) is 2.40. The molecular formula is C10H16N4O. The van der Waals surface area contributed by atoms with Gasteiger partial charge in [0.25, 0.3) is 5.91 Å². The fraction of sp³-hybridized carbons (Fsp3) is 0.600. The average molecular weight is 208 g/mol. The molecule has 0 unspecified atom stereocenters.